The molecule has 2 fully saturated rings. The van der Waals surface area contributed by atoms with Crippen molar-refractivity contribution in [1.29, 1.82) is 0 Å². The first-order chi connectivity index (χ1) is 14.0. The molecule has 1 aliphatic carbocycles. The van der Waals surface area contributed by atoms with Crippen LogP contribution in [0.15, 0.2) is 48.5 Å². The highest BCUT2D eigenvalue weighted by atomic mass is 19.1. The second kappa shape index (κ2) is 8.19. The molecule has 2 unspecified atom stereocenters. The van der Waals surface area contributed by atoms with E-state index in [0.29, 0.717) is 38.3 Å². The number of hydrogen-bond donors (Lipinski definition) is 0. The van der Waals surface area contributed by atoms with Crippen LogP contribution >= 0.6 is 0 Å². The van der Waals surface area contributed by atoms with Crippen molar-refractivity contribution in [3.05, 3.63) is 65.7 Å². The zero-order chi connectivity index (χ0) is 20.4. The van der Waals surface area contributed by atoms with Gasteiger partial charge in [0.1, 0.15) is 11.6 Å². The molecule has 2 atom stereocenters. The Labute approximate surface area is 167 Å². The maximum absolute atomic E-state index is 13.9. The standard InChI is InChI=1S/C22H22F2N2O3/c23-16-7-5-15(6-8-16)17-13-18(17)22(28)29-14-21(27)26-11-9-25(10-12-26)20-4-2-1-3-19(20)24/h1-8,17-18H,9-14H2. The lowest BCUT2D eigenvalue weighted by Gasteiger charge is -2.36. The second-order valence-electron chi connectivity index (χ2n) is 7.43. The second-order valence-corrected chi connectivity index (χ2v) is 7.43. The molecule has 29 heavy (non-hydrogen) atoms. The lowest BCUT2D eigenvalue weighted by molar-refractivity contribution is -0.153. The monoisotopic (exact) mass is 400 g/mol. The number of benzene rings is 2. The molecule has 2 aromatic carbocycles. The summed E-state index contributed by atoms with van der Waals surface area (Å²) in [7, 11) is 0. The van der Waals surface area contributed by atoms with Crippen LogP contribution in [0.25, 0.3) is 0 Å². The van der Waals surface area contributed by atoms with Gasteiger partial charge in [-0.2, -0.15) is 0 Å². The van der Waals surface area contributed by atoms with E-state index in [0.717, 1.165) is 5.56 Å². The molecule has 4 rings (SSSR count). The molecule has 5 nitrogen and oxygen atoms in total. The minimum Gasteiger partial charge on any atom is -0.455 e. The Bertz CT molecular complexity index is 895. The Morgan fingerprint density at radius 2 is 1.66 bits per heavy atom. The molecule has 1 saturated heterocycles. The van der Waals surface area contributed by atoms with Crippen molar-refractivity contribution >= 4 is 17.6 Å². The Morgan fingerprint density at radius 1 is 0.966 bits per heavy atom. The zero-order valence-electron chi connectivity index (χ0n) is 15.9. The van der Waals surface area contributed by atoms with Crippen LogP contribution in [0.4, 0.5) is 14.5 Å². The van der Waals surface area contributed by atoms with Gasteiger partial charge in [0.15, 0.2) is 6.61 Å². The van der Waals surface area contributed by atoms with Gasteiger partial charge in [0.05, 0.1) is 11.6 Å². The lowest BCUT2D eigenvalue weighted by Crippen LogP contribution is -2.50. The maximum Gasteiger partial charge on any atom is 0.310 e. The largest absolute Gasteiger partial charge is 0.455 e. The average Bonchev–Trinajstić information content (AvgIpc) is 3.54. The molecule has 2 aliphatic rings. The number of ether oxygens (including phenoxy) is 1. The summed E-state index contributed by atoms with van der Waals surface area (Å²) >= 11 is 0. The van der Waals surface area contributed by atoms with Crippen LogP contribution in [0.5, 0.6) is 0 Å². The third-order valence-electron chi connectivity index (χ3n) is 5.55. The van der Waals surface area contributed by atoms with E-state index in [1.54, 1.807) is 35.2 Å². The first kappa shape index (κ1) is 19.4. The van der Waals surface area contributed by atoms with E-state index in [1.807, 2.05) is 4.90 Å². The Hall–Kier alpha value is -2.96. The van der Waals surface area contributed by atoms with Gasteiger partial charge in [-0.25, -0.2) is 8.78 Å². The molecule has 7 heteroatoms. The van der Waals surface area contributed by atoms with Gasteiger partial charge in [-0.3, -0.25) is 9.59 Å². The summed E-state index contributed by atoms with van der Waals surface area (Å²) in [5.41, 5.74) is 1.44. The molecule has 0 aromatic heterocycles. The summed E-state index contributed by atoms with van der Waals surface area (Å²) in [4.78, 5) is 28.1. The van der Waals surface area contributed by atoms with Crippen LogP contribution in [-0.4, -0.2) is 49.6 Å². The fourth-order valence-corrected chi connectivity index (χ4v) is 3.77. The van der Waals surface area contributed by atoms with Crippen molar-refractivity contribution in [3.8, 4) is 0 Å². The Kier molecular flexibility index (Phi) is 5.47. The fourth-order valence-electron chi connectivity index (χ4n) is 3.77. The van der Waals surface area contributed by atoms with Crippen LogP contribution in [-0.2, 0) is 14.3 Å². The first-order valence-corrected chi connectivity index (χ1v) is 9.72. The highest BCUT2D eigenvalue weighted by molar-refractivity contribution is 5.83. The summed E-state index contributed by atoms with van der Waals surface area (Å²) in [6.07, 6.45) is 0.653. The first-order valence-electron chi connectivity index (χ1n) is 9.72. The molecule has 1 amide bonds. The zero-order valence-corrected chi connectivity index (χ0v) is 15.9. The Balaban J connectivity index is 1.22. The Morgan fingerprint density at radius 3 is 2.34 bits per heavy atom. The maximum atomic E-state index is 13.9. The third kappa shape index (κ3) is 4.39. The predicted molar refractivity (Wildman–Crippen MR) is 103 cm³/mol. The van der Waals surface area contributed by atoms with Gasteiger partial charge in [0, 0.05) is 26.2 Å². The number of rotatable bonds is 5. The van der Waals surface area contributed by atoms with E-state index in [-0.39, 0.29) is 36.0 Å². The number of carbonyl (C=O) groups excluding carboxylic acids is 2. The van der Waals surface area contributed by atoms with Crippen LogP contribution in [0.3, 0.4) is 0 Å². The van der Waals surface area contributed by atoms with E-state index < -0.39 is 5.97 Å². The molecule has 0 spiro atoms. The highest BCUT2D eigenvalue weighted by Crippen LogP contribution is 2.48. The van der Waals surface area contributed by atoms with Gasteiger partial charge in [-0.05, 0) is 42.2 Å². The number of halogens is 2. The summed E-state index contributed by atoms with van der Waals surface area (Å²) < 4.78 is 32.1. The average molecular weight is 400 g/mol. The van der Waals surface area contributed by atoms with Crippen molar-refractivity contribution in [3.63, 3.8) is 0 Å². The minimum atomic E-state index is -0.391. The van der Waals surface area contributed by atoms with E-state index in [9.17, 15) is 18.4 Å². The number of esters is 1. The highest BCUT2D eigenvalue weighted by Gasteiger charge is 2.45. The van der Waals surface area contributed by atoms with Crippen molar-refractivity contribution in [2.75, 3.05) is 37.7 Å². The number of amides is 1. The summed E-state index contributed by atoms with van der Waals surface area (Å²) in [6, 6.07) is 12.7. The van der Waals surface area contributed by atoms with Crippen molar-refractivity contribution in [2.24, 2.45) is 5.92 Å². The molecule has 152 valence electrons. The molecule has 0 N–H and O–H groups in total. The normalized spacial score (nSPS) is 21.0. The van der Waals surface area contributed by atoms with Gasteiger partial charge < -0.3 is 14.5 Å². The number of hydrogen-bond acceptors (Lipinski definition) is 4. The van der Waals surface area contributed by atoms with Gasteiger partial charge >= 0.3 is 5.97 Å². The summed E-state index contributed by atoms with van der Waals surface area (Å²) in [5, 5.41) is 0. The van der Waals surface area contributed by atoms with E-state index in [4.69, 9.17) is 4.74 Å². The van der Waals surface area contributed by atoms with Crippen molar-refractivity contribution in [2.45, 2.75) is 12.3 Å². The summed E-state index contributed by atoms with van der Waals surface area (Å²) in [5.74, 6) is -1.47. The van der Waals surface area contributed by atoms with Crippen LogP contribution in [0, 0.1) is 17.6 Å². The quantitative estimate of drug-likeness (QED) is 0.725. The van der Waals surface area contributed by atoms with Gasteiger partial charge in [-0.1, -0.05) is 24.3 Å². The van der Waals surface area contributed by atoms with E-state index in [1.165, 1.54) is 18.2 Å². The topological polar surface area (TPSA) is 49.9 Å². The number of para-hydroxylation sites is 1. The molecular weight excluding hydrogens is 378 g/mol. The van der Waals surface area contributed by atoms with Crippen LogP contribution in [0.1, 0.15) is 17.9 Å². The number of carbonyl (C=O) groups is 2. The number of anilines is 1. The van der Waals surface area contributed by atoms with Crippen LogP contribution < -0.4 is 4.90 Å². The lowest BCUT2D eigenvalue weighted by atomic mass is 10.1. The van der Waals surface area contributed by atoms with Gasteiger partial charge in [-0.15, -0.1) is 0 Å². The van der Waals surface area contributed by atoms with E-state index in [2.05, 4.69) is 0 Å². The van der Waals surface area contributed by atoms with E-state index >= 15 is 0 Å². The summed E-state index contributed by atoms with van der Waals surface area (Å²) in [6.45, 7) is 1.66. The minimum absolute atomic E-state index is 0.0301. The van der Waals surface area contributed by atoms with Gasteiger partial charge in [0.2, 0.25) is 0 Å². The molecule has 0 radical (unpaired) electrons. The van der Waals surface area contributed by atoms with Crippen molar-refractivity contribution < 1.29 is 23.1 Å². The van der Waals surface area contributed by atoms with Gasteiger partial charge in [0.25, 0.3) is 5.91 Å². The number of piperazine rings is 1. The fraction of sp³-hybridized carbons (Fsp3) is 0.364. The molecule has 1 heterocycles. The predicted octanol–water partition coefficient (Wildman–Crippen LogP) is 2.96. The van der Waals surface area contributed by atoms with Crippen LogP contribution in [0.2, 0.25) is 0 Å². The molecule has 1 aliphatic heterocycles. The number of nitrogens with zero attached hydrogens (tertiary/aromatic N) is 2. The molecule has 0 bridgehead atoms. The molecule has 2 aromatic rings. The SMILES string of the molecule is O=C(OCC(=O)N1CCN(c2ccccc2F)CC1)C1CC1c1ccc(F)cc1. The van der Waals surface area contributed by atoms with Crippen molar-refractivity contribution in [1.82, 2.24) is 4.90 Å². The molecular formula is C22H22F2N2O3. The smallest absolute Gasteiger partial charge is 0.310 e. The third-order valence-corrected chi connectivity index (χ3v) is 5.55. The molecule has 1 saturated carbocycles.